The number of likely N-dealkylation sites (tertiary alicyclic amines) is 1. The molecule has 8 nitrogen and oxygen atoms in total. The summed E-state index contributed by atoms with van der Waals surface area (Å²) in [6.07, 6.45) is 6.52. The number of sulfonamides is 1. The molecule has 0 radical (unpaired) electrons. The third-order valence-corrected chi connectivity index (χ3v) is 9.35. The summed E-state index contributed by atoms with van der Waals surface area (Å²) < 4.78 is 27.2. The minimum Gasteiger partial charge on any atom is -0.340 e. The molecule has 0 spiro atoms. The van der Waals surface area contributed by atoms with Crippen LogP contribution >= 0.6 is 0 Å². The molecule has 1 aromatic carbocycles. The molecular formula is C25H38N4O4S. The van der Waals surface area contributed by atoms with Crippen LogP contribution in [0.2, 0.25) is 0 Å². The number of piperazine rings is 1. The van der Waals surface area contributed by atoms with E-state index in [2.05, 4.69) is 11.8 Å². The number of piperidine rings is 2. The molecule has 3 aliphatic rings. The molecular weight excluding hydrogens is 452 g/mol. The van der Waals surface area contributed by atoms with Crippen LogP contribution in [0, 0.1) is 0 Å². The number of rotatable bonds is 6. The molecule has 0 bridgehead atoms. The predicted octanol–water partition coefficient (Wildman–Crippen LogP) is 1.95. The van der Waals surface area contributed by atoms with Crippen LogP contribution in [0.15, 0.2) is 29.2 Å². The molecule has 2 amide bonds. The summed E-state index contributed by atoms with van der Waals surface area (Å²) in [4.78, 5) is 31.8. The molecule has 0 aromatic heterocycles. The molecule has 9 heteroatoms. The summed E-state index contributed by atoms with van der Waals surface area (Å²) in [5.74, 6) is 0.244. The number of amides is 2. The van der Waals surface area contributed by atoms with Crippen LogP contribution in [0.25, 0.3) is 0 Å². The van der Waals surface area contributed by atoms with Crippen molar-refractivity contribution in [3.05, 3.63) is 29.8 Å². The van der Waals surface area contributed by atoms with E-state index in [0.29, 0.717) is 56.8 Å². The molecule has 3 saturated heterocycles. The molecule has 3 aliphatic heterocycles. The van der Waals surface area contributed by atoms with Gasteiger partial charge in [0.25, 0.3) is 0 Å². The first-order chi connectivity index (χ1) is 16.3. The van der Waals surface area contributed by atoms with Crippen molar-refractivity contribution in [2.75, 3.05) is 52.4 Å². The summed E-state index contributed by atoms with van der Waals surface area (Å²) in [5, 5.41) is 0. The van der Waals surface area contributed by atoms with Gasteiger partial charge in [0.1, 0.15) is 0 Å². The largest absolute Gasteiger partial charge is 0.340 e. The van der Waals surface area contributed by atoms with E-state index in [9.17, 15) is 18.0 Å². The summed E-state index contributed by atoms with van der Waals surface area (Å²) in [6.45, 7) is 7.21. The maximum absolute atomic E-state index is 12.8. The van der Waals surface area contributed by atoms with Crippen molar-refractivity contribution < 1.29 is 18.0 Å². The normalized spacial score (nSPS) is 23.1. The van der Waals surface area contributed by atoms with Crippen molar-refractivity contribution in [2.24, 2.45) is 0 Å². The molecule has 1 unspecified atom stereocenters. The average Bonchev–Trinajstić information content (AvgIpc) is 2.85. The fraction of sp³-hybridized carbons (Fsp3) is 0.680. The molecule has 0 N–H and O–H groups in total. The van der Waals surface area contributed by atoms with Crippen LogP contribution < -0.4 is 0 Å². The fourth-order valence-electron chi connectivity index (χ4n) is 5.23. The van der Waals surface area contributed by atoms with Crippen LogP contribution in [-0.4, -0.2) is 97.6 Å². The van der Waals surface area contributed by atoms with Crippen molar-refractivity contribution in [3.63, 3.8) is 0 Å². The van der Waals surface area contributed by atoms with Crippen LogP contribution in [0.3, 0.4) is 0 Å². The second kappa shape index (κ2) is 11.2. The van der Waals surface area contributed by atoms with Gasteiger partial charge < -0.3 is 9.80 Å². The van der Waals surface area contributed by atoms with Gasteiger partial charge in [0.05, 0.1) is 17.9 Å². The van der Waals surface area contributed by atoms with Gasteiger partial charge in [0.2, 0.25) is 21.8 Å². The molecule has 1 atom stereocenters. The zero-order valence-corrected chi connectivity index (χ0v) is 21.1. The number of nitrogens with zero attached hydrogens (tertiary/aromatic N) is 4. The summed E-state index contributed by atoms with van der Waals surface area (Å²) in [6, 6.07) is 7.08. The Morgan fingerprint density at radius 1 is 0.824 bits per heavy atom. The smallest absolute Gasteiger partial charge is 0.243 e. The maximum Gasteiger partial charge on any atom is 0.243 e. The highest BCUT2D eigenvalue weighted by molar-refractivity contribution is 7.89. The summed E-state index contributed by atoms with van der Waals surface area (Å²) in [7, 11) is -3.45. The summed E-state index contributed by atoms with van der Waals surface area (Å²) >= 11 is 0. The molecule has 3 fully saturated rings. The van der Waals surface area contributed by atoms with Gasteiger partial charge in [0, 0.05) is 51.9 Å². The van der Waals surface area contributed by atoms with Gasteiger partial charge in [-0.3, -0.25) is 14.5 Å². The van der Waals surface area contributed by atoms with Crippen LogP contribution in [0.5, 0.6) is 0 Å². The van der Waals surface area contributed by atoms with Crippen LogP contribution in [0.4, 0.5) is 0 Å². The number of benzene rings is 1. The second-order valence-electron chi connectivity index (χ2n) is 9.87. The van der Waals surface area contributed by atoms with Gasteiger partial charge >= 0.3 is 0 Å². The van der Waals surface area contributed by atoms with Crippen molar-refractivity contribution in [3.8, 4) is 0 Å². The van der Waals surface area contributed by atoms with E-state index in [0.717, 1.165) is 44.2 Å². The SMILES string of the molecule is CC1CCCCN1C(=O)CN1CCN(C(=O)Cc2ccc(S(=O)(=O)N3CCCCC3)cc2)CC1. The quantitative estimate of drug-likeness (QED) is 0.609. The Kier molecular flexibility index (Phi) is 8.26. The van der Waals surface area contributed by atoms with Crippen molar-refractivity contribution in [1.82, 2.24) is 19.0 Å². The van der Waals surface area contributed by atoms with E-state index in [1.54, 1.807) is 28.6 Å². The molecule has 0 saturated carbocycles. The molecule has 1 aromatic rings. The second-order valence-corrected chi connectivity index (χ2v) is 11.8. The van der Waals surface area contributed by atoms with E-state index in [4.69, 9.17) is 0 Å². The average molecular weight is 491 g/mol. The lowest BCUT2D eigenvalue weighted by molar-refractivity contribution is -0.137. The molecule has 34 heavy (non-hydrogen) atoms. The van der Waals surface area contributed by atoms with Gasteiger partial charge in [-0.2, -0.15) is 4.31 Å². The third-order valence-electron chi connectivity index (χ3n) is 7.44. The number of carbonyl (C=O) groups is 2. The highest BCUT2D eigenvalue weighted by atomic mass is 32.2. The van der Waals surface area contributed by atoms with E-state index >= 15 is 0 Å². The topological polar surface area (TPSA) is 81.2 Å². The first-order valence-electron chi connectivity index (χ1n) is 12.7. The van der Waals surface area contributed by atoms with Crippen LogP contribution in [-0.2, 0) is 26.0 Å². The monoisotopic (exact) mass is 490 g/mol. The van der Waals surface area contributed by atoms with Gasteiger partial charge in [-0.05, 0) is 56.7 Å². The Labute approximate surface area is 203 Å². The lowest BCUT2D eigenvalue weighted by atomic mass is 10.0. The predicted molar refractivity (Wildman–Crippen MR) is 131 cm³/mol. The van der Waals surface area contributed by atoms with E-state index < -0.39 is 10.0 Å². The van der Waals surface area contributed by atoms with Gasteiger partial charge in [-0.15, -0.1) is 0 Å². The standard InChI is InChI=1S/C25H38N4O4S/c1-21-7-3-6-14-29(21)25(31)20-26-15-17-27(18-16-26)24(30)19-22-8-10-23(11-9-22)34(32,33)28-12-4-2-5-13-28/h8-11,21H,2-7,12-20H2,1H3. The van der Waals surface area contributed by atoms with Crippen molar-refractivity contribution in [2.45, 2.75) is 62.8 Å². The van der Waals surface area contributed by atoms with Crippen molar-refractivity contribution in [1.29, 1.82) is 0 Å². The van der Waals surface area contributed by atoms with E-state index in [-0.39, 0.29) is 18.2 Å². The highest BCUT2D eigenvalue weighted by Gasteiger charge is 2.28. The Balaban J connectivity index is 1.25. The number of carbonyl (C=O) groups excluding carboxylic acids is 2. The Bertz CT molecular complexity index is 952. The Hall–Kier alpha value is -1.97. The zero-order valence-electron chi connectivity index (χ0n) is 20.3. The minimum absolute atomic E-state index is 0.0438. The Morgan fingerprint density at radius 2 is 1.47 bits per heavy atom. The molecule has 4 rings (SSSR count). The van der Waals surface area contributed by atoms with Gasteiger partial charge in [-0.25, -0.2) is 8.42 Å². The van der Waals surface area contributed by atoms with Crippen molar-refractivity contribution >= 4 is 21.8 Å². The highest BCUT2D eigenvalue weighted by Crippen LogP contribution is 2.21. The lowest BCUT2D eigenvalue weighted by Gasteiger charge is -2.38. The fourth-order valence-corrected chi connectivity index (χ4v) is 6.74. The summed E-state index contributed by atoms with van der Waals surface area (Å²) in [5.41, 5.74) is 0.819. The molecule has 188 valence electrons. The van der Waals surface area contributed by atoms with Gasteiger partial charge in [0.15, 0.2) is 0 Å². The maximum atomic E-state index is 12.8. The van der Waals surface area contributed by atoms with Crippen LogP contribution in [0.1, 0.15) is 51.0 Å². The molecule has 3 heterocycles. The lowest BCUT2D eigenvalue weighted by Crippen LogP contribution is -2.53. The first-order valence-corrected chi connectivity index (χ1v) is 14.2. The minimum atomic E-state index is -3.45. The molecule has 0 aliphatic carbocycles. The number of hydrogen-bond donors (Lipinski definition) is 0. The third kappa shape index (κ3) is 5.98. The van der Waals surface area contributed by atoms with Gasteiger partial charge in [-0.1, -0.05) is 18.6 Å². The van der Waals surface area contributed by atoms with E-state index in [1.165, 1.54) is 6.42 Å². The Morgan fingerprint density at radius 3 is 2.12 bits per heavy atom. The van der Waals surface area contributed by atoms with E-state index in [1.807, 2.05) is 9.80 Å². The first kappa shape index (κ1) is 25.1. The zero-order chi connectivity index (χ0) is 24.1. The number of hydrogen-bond acceptors (Lipinski definition) is 5.